The molecule has 1 heterocycles. The average Bonchev–Trinajstić information content (AvgIpc) is 2.34. The quantitative estimate of drug-likeness (QED) is 0.873. The highest BCUT2D eigenvalue weighted by Crippen LogP contribution is 2.24. The van der Waals surface area contributed by atoms with E-state index in [1.165, 1.54) is 0 Å². The molecule has 94 valence electrons. The van der Waals surface area contributed by atoms with E-state index in [-0.39, 0.29) is 0 Å². The summed E-state index contributed by atoms with van der Waals surface area (Å²) in [4.78, 5) is 1.92. The Kier molecular flexibility index (Phi) is 3.94. The Bertz CT molecular complexity index is 374. The Morgan fingerprint density at radius 3 is 2.65 bits per heavy atom. The molecule has 1 fully saturated rings. The minimum Gasteiger partial charge on any atom is -0.369 e. The van der Waals surface area contributed by atoms with Crippen molar-refractivity contribution in [1.29, 1.82) is 0 Å². The molecule has 4 heteroatoms. The number of hydrogen-bond donors (Lipinski definition) is 1. The fourth-order valence-corrected chi connectivity index (χ4v) is 2.35. The maximum absolute atomic E-state index is 13.6. The molecule has 0 saturated carbocycles. The largest absolute Gasteiger partial charge is 0.369 e. The standard InChI is InChI=1S/C13H18F2N2/c1-2-16-10-6-8-17(9-7-10)12-5-3-4-11(14)13(12)15/h3-5,10,16H,2,6-9H2,1H3. The summed E-state index contributed by atoms with van der Waals surface area (Å²) < 4.78 is 26.7. The van der Waals surface area contributed by atoms with Crippen molar-refractivity contribution in [2.24, 2.45) is 0 Å². The molecule has 2 nitrogen and oxygen atoms in total. The molecule has 0 bridgehead atoms. The zero-order chi connectivity index (χ0) is 12.3. The lowest BCUT2D eigenvalue weighted by Crippen LogP contribution is -2.42. The summed E-state index contributed by atoms with van der Waals surface area (Å²) in [5, 5.41) is 3.39. The highest BCUT2D eigenvalue weighted by Gasteiger charge is 2.21. The second kappa shape index (κ2) is 5.45. The summed E-state index contributed by atoms with van der Waals surface area (Å²) in [6.45, 7) is 4.59. The number of piperidine rings is 1. The van der Waals surface area contributed by atoms with Crippen molar-refractivity contribution in [3.8, 4) is 0 Å². The van der Waals surface area contributed by atoms with Crippen molar-refractivity contribution in [3.05, 3.63) is 29.8 Å². The lowest BCUT2D eigenvalue weighted by molar-refractivity contribution is 0.418. The van der Waals surface area contributed by atoms with E-state index in [9.17, 15) is 8.78 Å². The van der Waals surface area contributed by atoms with Gasteiger partial charge in [0.1, 0.15) is 0 Å². The van der Waals surface area contributed by atoms with Gasteiger partial charge in [0.2, 0.25) is 0 Å². The number of halogens is 2. The van der Waals surface area contributed by atoms with Crippen LogP contribution in [0.15, 0.2) is 18.2 Å². The second-order valence-corrected chi connectivity index (χ2v) is 4.39. The van der Waals surface area contributed by atoms with Gasteiger partial charge in [0.15, 0.2) is 11.6 Å². The molecule has 1 aliphatic rings. The molecule has 0 unspecified atom stereocenters. The number of benzene rings is 1. The number of hydrogen-bond acceptors (Lipinski definition) is 2. The minimum atomic E-state index is -0.767. The summed E-state index contributed by atoms with van der Waals surface area (Å²) >= 11 is 0. The number of rotatable bonds is 3. The molecule has 1 aromatic carbocycles. The lowest BCUT2D eigenvalue weighted by atomic mass is 10.0. The van der Waals surface area contributed by atoms with Crippen LogP contribution in [0, 0.1) is 11.6 Å². The second-order valence-electron chi connectivity index (χ2n) is 4.39. The van der Waals surface area contributed by atoms with E-state index in [0.29, 0.717) is 11.7 Å². The third kappa shape index (κ3) is 2.75. The van der Waals surface area contributed by atoms with Gasteiger partial charge in [0.05, 0.1) is 5.69 Å². The van der Waals surface area contributed by atoms with Gasteiger partial charge < -0.3 is 10.2 Å². The topological polar surface area (TPSA) is 15.3 Å². The van der Waals surface area contributed by atoms with E-state index >= 15 is 0 Å². The van der Waals surface area contributed by atoms with Crippen molar-refractivity contribution in [3.63, 3.8) is 0 Å². The molecular weight excluding hydrogens is 222 g/mol. The van der Waals surface area contributed by atoms with Crippen LogP contribution in [0.1, 0.15) is 19.8 Å². The molecule has 1 aromatic rings. The molecule has 0 aromatic heterocycles. The molecule has 2 rings (SSSR count). The van der Waals surface area contributed by atoms with Gasteiger partial charge in [-0.1, -0.05) is 13.0 Å². The van der Waals surface area contributed by atoms with Crippen LogP contribution in [-0.2, 0) is 0 Å². The van der Waals surface area contributed by atoms with E-state index in [1.807, 2.05) is 4.90 Å². The smallest absolute Gasteiger partial charge is 0.182 e. The van der Waals surface area contributed by atoms with Crippen LogP contribution in [0.5, 0.6) is 0 Å². The molecule has 1 saturated heterocycles. The van der Waals surface area contributed by atoms with E-state index in [4.69, 9.17) is 0 Å². The van der Waals surface area contributed by atoms with Crippen molar-refractivity contribution >= 4 is 5.69 Å². The molecule has 1 aliphatic heterocycles. The summed E-state index contributed by atoms with van der Waals surface area (Å²) in [6.07, 6.45) is 1.95. The molecule has 0 aliphatic carbocycles. The van der Waals surface area contributed by atoms with E-state index in [0.717, 1.165) is 38.5 Å². The van der Waals surface area contributed by atoms with Crippen LogP contribution in [0.25, 0.3) is 0 Å². The van der Waals surface area contributed by atoms with Gasteiger partial charge in [0, 0.05) is 19.1 Å². The van der Waals surface area contributed by atoms with Gasteiger partial charge in [-0.15, -0.1) is 0 Å². The number of nitrogens with one attached hydrogen (secondary N) is 1. The first-order chi connectivity index (χ1) is 8.22. The molecule has 0 amide bonds. The van der Waals surface area contributed by atoms with Gasteiger partial charge in [-0.05, 0) is 31.5 Å². The Morgan fingerprint density at radius 2 is 2.00 bits per heavy atom. The molecule has 0 atom stereocenters. The molecule has 17 heavy (non-hydrogen) atoms. The van der Waals surface area contributed by atoms with Crippen LogP contribution in [0.2, 0.25) is 0 Å². The number of nitrogens with zero attached hydrogens (tertiary/aromatic N) is 1. The van der Waals surface area contributed by atoms with Crippen molar-refractivity contribution in [2.45, 2.75) is 25.8 Å². The predicted octanol–water partition coefficient (Wildman–Crippen LogP) is 2.54. The SMILES string of the molecule is CCNC1CCN(c2cccc(F)c2F)CC1. The minimum absolute atomic E-state index is 0.389. The first kappa shape index (κ1) is 12.3. The highest BCUT2D eigenvalue weighted by molar-refractivity contribution is 5.48. The fourth-order valence-electron chi connectivity index (χ4n) is 2.35. The first-order valence-electron chi connectivity index (χ1n) is 6.14. The summed E-state index contributed by atoms with van der Waals surface area (Å²) in [6, 6.07) is 4.87. The average molecular weight is 240 g/mol. The normalized spacial score (nSPS) is 17.5. The van der Waals surface area contributed by atoms with E-state index in [1.54, 1.807) is 12.1 Å². The first-order valence-corrected chi connectivity index (χ1v) is 6.14. The van der Waals surface area contributed by atoms with Crippen LogP contribution in [0.3, 0.4) is 0 Å². The van der Waals surface area contributed by atoms with E-state index < -0.39 is 11.6 Å². The molecule has 0 spiro atoms. The van der Waals surface area contributed by atoms with Crippen molar-refractivity contribution < 1.29 is 8.78 Å². The third-order valence-corrected chi connectivity index (χ3v) is 3.26. The zero-order valence-corrected chi connectivity index (χ0v) is 10.0. The Hall–Kier alpha value is -1.16. The van der Waals surface area contributed by atoms with Crippen LogP contribution in [0.4, 0.5) is 14.5 Å². The molecule has 0 radical (unpaired) electrons. The maximum Gasteiger partial charge on any atom is 0.182 e. The van der Waals surface area contributed by atoms with E-state index in [2.05, 4.69) is 12.2 Å². The predicted molar refractivity (Wildman–Crippen MR) is 65.3 cm³/mol. The van der Waals surface area contributed by atoms with Crippen molar-refractivity contribution in [1.82, 2.24) is 5.32 Å². The van der Waals surface area contributed by atoms with Crippen LogP contribution in [-0.4, -0.2) is 25.7 Å². The monoisotopic (exact) mass is 240 g/mol. The third-order valence-electron chi connectivity index (χ3n) is 3.26. The number of anilines is 1. The Labute approximate surface area is 101 Å². The van der Waals surface area contributed by atoms with Gasteiger partial charge in [-0.25, -0.2) is 8.78 Å². The zero-order valence-electron chi connectivity index (χ0n) is 10.0. The van der Waals surface area contributed by atoms with Crippen LogP contribution < -0.4 is 10.2 Å². The summed E-state index contributed by atoms with van der Waals surface area (Å²) in [5.41, 5.74) is 0.389. The highest BCUT2D eigenvalue weighted by atomic mass is 19.2. The van der Waals surface area contributed by atoms with Crippen LogP contribution >= 0.6 is 0 Å². The molecule has 1 N–H and O–H groups in total. The maximum atomic E-state index is 13.6. The Balaban J connectivity index is 2.03. The van der Waals surface area contributed by atoms with Gasteiger partial charge in [-0.2, -0.15) is 0 Å². The molecular formula is C13H18F2N2. The summed E-state index contributed by atoms with van der Waals surface area (Å²) in [5.74, 6) is -1.49. The van der Waals surface area contributed by atoms with Gasteiger partial charge >= 0.3 is 0 Å². The lowest BCUT2D eigenvalue weighted by Gasteiger charge is -2.34. The van der Waals surface area contributed by atoms with Gasteiger partial charge in [-0.3, -0.25) is 0 Å². The van der Waals surface area contributed by atoms with Gasteiger partial charge in [0.25, 0.3) is 0 Å². The Morgan fingerprint density at radius 1 is 1.29 bits per heavy atom. The summed E-state index contributed by atoms with van der Waals surface area (Å²) in [7, 11) is 0. The van der Waals surface area contributed by atoms with Crippen molar-refractivity contribution in [2.75, 3.05) is 24.5 Å². The fraction of sp³-hybridized carbons (Fsp3) is 0.538.